The summed E-state index contributed by atoms with van der Waals surface area (Å²) < 4.78 is 11.7. The molecule has 126 valence electrons. The van der Waals surface area contributed by atoms with Crippen LogP contribution < -0.4 is 10.6 Å². The molecule has 1 saturated carbocycles. The molecule has 3 fully saturated rings. The largest absolute Gasteiger partial charge is 0.384 e. The van der Waals surface area contributed by atoms with Gasteiger partial charge in [-0.05, 0) is 49.7 Å². The minimum Gasteiger partial charge on any atom is -0.384 e. The predicted molar refractivity (Wildman–Crippen MR) is 90.2 cm³/mol. The maximum absolute atomic E-state index is 5.85. The third kappa shape index (κ3) is 3.17. The standard InChI is InChI=1S/C18H27N3O2/c19-17-2-1-16(13-20-17)21-9-5-15(6-10-21)14-3-7-18(8-4-14)22-11-12-23-18/h1-2,13-15H,3-12H2,(H2,19,20). The second-order valence-electron chi connectivity index (χ2n) is 7.21. The zero-order valence-corrected chi connectivity index (χ0v) is 13.7. The third-order valence-electron chi connectivity index (χ3n) is 5.95. The van der Waals surface area contributed by atoms with Gasteiger partial charge in [0.25, 0.3) is 0 Å². The van der Waals surface area contributed by atoms with Gasteiger partial charge < -0.3 is 20.1 Å². The van der Waals surface area contributed by atoms with E-state index in [1.807, 2.05) is 12.3 Å². The average Bonchev–Trinajstić information content (AvgIpc) is 3.05. The molecule has 1 aromatic heterocycles. The van der Waals surface area contributed by atoms with Crippen LogP contribution in [0.25, 0.3) is 0 Å². The lowest BCUT2D eigenvalue weighted by Crippen LogP contribution is -2.40. The molecule has 5 heteroatoms. The maximum Gasteiger partial charge on any atom is 0.168 e. The van der Waals surface area contributed by atoms with Crippen molar-refractivity contribution in [3.05, 3.63) is 18.3 Å². The molecule has 23 heavy (non-hydrogen) atoms. The zero-order valence-electron chi connectivity index (χ0n) is 13.7. The van der Waals surface area contributed by atoms with Crippen molar-refractivity contribution in [1.82, 2.24) is 4.98 Å². The highest BCUT2D eigenvalue weighted by atomic mass is 16.7. The minimum absolute atomic E-state index is 0.215. The summed E-state index contributed by atoms with van der Waals surface area (Å²) in [4.78, 5) is 6.65. The van der Waals surface area contributed by atoms with Gasteiger partial charge in [0.2, 0.25) is 0 Å². The normalized spacial score (nSPS) is 26.0. The molecule has 0 amide bonds. The Bertz CT molecular complexity index is 510. The number of aromatic nitrogens is 1. The summed E-state index contributed by atoms with van der Waals surface area (Å²) >= 11 is 0. The first-order chi connectivity index (χ1) is 11.2. The second-order valence-corrected chi connectivity index (χ2v) is 7.21. The molecule has 2 N–H and O–H groups in total. The Morgan fingerprint density at radius 2 is 1.65 bits per heavy atom. The van der Waals surface area contributed by atoms with Gasteiger partial charge in [-0.25, -0.2) is 4.98 Å². The number of nitrogens with two attached hydrogens (primary N) is 1. The summed E-state index contributed by atoms with van der Waals surface area (Å²) in [6.07, 6.45) is 9.14. The quantitative estimate of drug-likeness (QED) is 0.909. The van der Waals surface area contributed by atoms with Crippen molar-refractivity contribution in [2.24, 2.45) is 11.8 Å². The van der Waals surface area contributed by atoms with E-state index in [4.69, 9.17) is 15.2 Å². The smallest absolute Gasteiger partial charge is 0.168 e. The van der Waals surface area contributed by atoms with Crippen molar-refractivity contribution in [3.63, 3.8) is 0 Å². The van der Waals surface area contributed by atoms with Crippen molar-refractivity contribution in [2.75, 3.05) is 36.9 Å². The Labute approximate surface area is 138 Å². The number of ether oxygens (including phenoxy) is 2. The van der Waals surface area contributed by atoms with E-state index in [0.717, 1.165) is 51.0 Å². The fourth-order valence-corrected chi connectivity index (χ4v) is 4.55. The third-order valence-corrected chi connectivity index (χ3v) is 5.95. The maximum atomic E-state index is 5.85. The lowest BCUT2D eigenvalue weighted by molar-refractivity contribution is -0.185. The summed E-state index contributed by atoms with van der Waals surface area (Å²) in [7, 11) is 0. The summed E-state index contributed by atoms with van der Waals surface area (Å²) in [5.74, 6) is 2.08. The number of nitrogen functional groups attached to an aromatic ring is 1. The summed E-state index contributed by atoms with van der Waals surface area (Å²) in [5.41, 5.74) is 6.88. The molecule has 0 unspecified atom stereocenters. The van der Waals surface area contributed by atoms with Gasteiger partial charge in [-0.3, -0.25) is 0 Å². The molecular formula is C18H27N3O2. The molecule has 5 nitrogen and oxygen atoms in total. The van der Waals surface area contributed by atoms with E-state index in [1.54, 1.807) is 0 Å². The molecule has 1 aliphatic carbocycles. The van der Waals surface area contributed by atoms with Crippen LogP contribution in [-0.4, -0.2) is 37.1 Å². The highest BCUT2D eigenvalue weighted by Crippen LogP contribution is 2.43. The molecular weight excluding hydrogens is 290 g/mol. The number of rotatable bonds is 2. The summed E-state index contributed by atoms with van der Waals surface area (Å²) in [5, 5.41) is 0. The number of nitrogens with zero attached hydrogens (tertiary/aromatic N) is 2. The van der Waals surface area contributed by atoms with Crippen molar-refractivity contribution < 1.29 is 9.47 Å². The Morgan fingerprint density at radius 3 is 2.26 bits per heavy atom. The zero-order chi connectivity index (χ0) is 15.7. The van der Waals surface area contributed by atoms with Crippen molar-refractivity contribution in [3.8, 4) is 0 Å². The van der Waals surface area contributed by atoms with Crippen LogP contribution in [0.1, 0.15) is 38.5 Å². The van der Waals surface area contributed by atoms with Gasteiger partial charge in [-0.2, -0.15) is 0 Å². The van der Waals surface area contributed by atoms with Crippen LogP contribution in [0.4, 0.5) is 11.5 Å². The van der Waals surface area contributed by atoms with Gasteiger partial charge >= 0.3 is 0 Å². The monoisotopic (exact) mass is 317 g/mol. The van der Waals surface area contributed by atoms with Crippen LogP contribution in [0, 0.1) is 11.8 Å². The molecule has 4 rings (SSSR count). The first-order valence-corrected chi connectivity index (χ1v) is 8.98. The van der Waals surface area contributed by atoms with Crippen LogP contribution in [0.3, 0.4) is 0 Å². The number of pyridine rings is 1. The molecule has 0 bridgehead atoms. The number of hydrogen-bond donors (Lipinski definition) is 1. The van der Waals surface area contributed by atoms with Crippen LogP contribution >= 0.6 is 0 Å². The molecule has 2 saturated heterocycles. The van der Waals surface area contributed by atoms with Gasteiger partial charge in [-0.15, -0.1) is 0 Å². The highest BCUT2D eigenvalue weighted by molar-refractivity contribution is 5.48. The van der Waals surface area contributed by atoms with E-state index in [1.165, 1.54) is 31.4 Å². The molecule has 1 aromatic rings. The predicted octanol–water partition coefficient (Wildman–Crippen LogP) is 2.81. The Balaban J connectivity index is 1.29. The lowest BCUT2D eigenvalue weighted by Gasteiger charge is -2.42. The van der Waals surface area contributed by atoms with E-state index in [-0.39, 0.29) is 5.79 Å². The SMILES string of the molecule is Nc1ccc(N2CCC(C3CCC4(CC3)OCCO4)CC2)cn1. The first-order valence-electron chi connectivity index (χ1n) is 8.98. The van der Waals surface area contributed by atoms with Crippen LogP contribution in [0.2, 0.25) is 0 Å². The lowest BCUT2D eigenvalue weighted by atomic mass is 9.74. The highest BCUT2D eigenvalue weighted by Gasteiger charge is 2.42. The van der Waals surface area contributed by atoms with Gasteiger partial charge in [0.05, 0.1) is 25.1 Å². The van der Waals surface area contributed by atoms with Crippen molar-refractivity contribution in [2.45, 2.75) is 44.3 Å². The van der Waals surface area contributed by atoms with E-state index in [9.17, 15) is 0 Å². The van der Waals surface area contributed by atoms with Gasteiger partial charge in [0, 0.05) is 25.9 Å². The van der Waals surface area contributed by atoms with Gasteiger partial charge in [0.1, 0.15) is 5.82 Å². The molecule has 0 atom stereocenters. The summed E-state index contributed by atoms with van der Waals surface area (Å²) in [6.45, 7) is 3.81. The molecule has 3 heterocycles. The summed E-state index contributed by atoms with van der Waals surface area (Å²) in [6, 6.07) is 3.98. The van der Waals surface area contributed by atoms with E-state index in [2.05, 4.69) is 16.0 Å². The molecule has 0 radical (unpaired) electrons. The van der Waals surface area contributed by atoms with Crippen LogP contribution in [0.15, 0.2) is 18.3 Å². The fourth-order valence-electron chi connectivity index (χ4n) is 4.55. The molecule has 0 aromatic carbocycles. The van der Waals surface area contributed by atoms with E-state index >= 15 is 0 Å². The Hall–Kier alpha value is -1.33. The van der Waals surface area contributed by atoms with Crippen LogP contribution in [-0.2, 0) is 9.47 Å². The van der Waals surface area contributed by atoms with Gasteiger partial charge in [-0.1, -0.05) is 0 Å². The topological polar surface area (TPSA) is 60.6 Å². The second kappa shape index (κ2) is 6.29. The Morgan fingerprint density at radius 1 is 1.00 bits per heavy atom. The van der Waals surface area contributed by atoms with E-state index in [0.29, 0.717) is 5.82 Å². The van der Waals surface area contributed by atoms with E-state index < -0.39 is 0 Å². The molecule has 2 aliphatic heterocycles. The Kier molecular flexibility index (Phi) is 4.16. The number of piperidine rings is 1. The fraction of sp³-hybridized carbons (Fsp3) is 0.722. The number of hydrogen-bond acceptors (Lipinski definition) is 5. The van der Waals surface area contributed by atoms with Crippen LogP contribution in [0.5, 0.6) is 0 Å². The number of anilines is 2. The first kappa shape index (κ1) is 15.2. The molecule has 1 spiro atoms. The molecule has 3 aliphatic rings. The van der Waals surface area contributed by atoms with Crippen molar-refractivity contribution in [1.29, 1.82) is 0 Å². The van der Waals surface area contributed by atoms with Gasteiger partial charge in [0.15, 0.2) is 5.79 Å². The average molecular weight is 317 g/mol. The minimum atomic E-state index is -0.215. The van der Waals surface area contributed by atoms with Crippen molar-refractivity contribution >= 4 is 11.5 Å².